The Bertz CT molecular complexity index is 1840. The summed E-state index contributed by atoms with van der Waals surface area (Å²) in [5.41, 5.74) is 9.94. The lowest BCUT2D eigenvalue weighted by molar-refractivity contribution is -0.124. The fourth-order valence-electron chi connectivity index (χ4n) is 4.62. The highest BCUT2D eigenvalue weighted by atomic mass is 16.5. The summed E-state index contributed by atoms with van der Waals surface area (Å²) in [6, 6.07) is 26.2. The van der Waals surface area contributed by atoms with Gasteiger partial charge >= 0.3 is 5.97 Å². The molecule has 5 aromatic rings. The molecule has 0 aliphatic rings. The highest BCUT2D eigenvalue weighted by molar-refractivity contribution is 6.05. The average Bonchev–Trinajstić information content (AvgIpc) is 3.06. The number of carbonyl (C=O) groups is 3. The van der Waals surface area contributed by atoms with Gasteiger partial charge in [0.15, 0.2) is 6.10 Å². The third-order valence-electron chi connectivity index (χ3n) is 6.99. The standard InChI is InChI=1S/C34H30N4O6/c1-4-29(33(40)38-26-8-6-5-7-25(26)32(35)39)44-34(41)22-13-18-27-28(19-22)37-31(21-11-16-24(43-3)17-12-21)30(36-27)20-9-14-23(42-2)15-10-20/h5-19,29H,4H2,1-3H3,(H2,35,39)(H,38,40). The lowest BCUT2D eigenvalue weighted by Gasteiger charge is -2.17. The van der Waals surface area contributed by atoms with Gasteiger partial charge in [-0.2, -0.15) is 0 Å². The molecule has 3 N–H and O–H groups in total. The minimum absolute atomic E-state index is 0.150. The highest BCUT2D eigenvalue weighted by Gasteiger charge is 2.24. The molecule has 0 saturated carbocycles. The first-order valence-electron chi connectivity index (χ1n) is 13.8. The van der Waals surface area contributed by atoms with Gasteiger partial charge in [-0.25, -0.2) is 14.8 Å². The third-order valence-corrected chi connectivity index (χ3v) is 6.99. The number of esters is 1. The number of nitrogens with zero attached hydrogens (tertiary/aromatic N) is 2. The number of aromatic nitrogens is 2. The van der Waals surface area contributed by atoms with Crippen LogP contribution in [0.3, 0.4) is 0 Å². The SMILES string of the molecule is CCC(OC(=O)c1ccc2nc(-c3ccc(OC)cc3)c(-c3ccc(OC)cc3)nc2c1)C(=O)Nc1ccccc1C(N)=O. The van der Waals surface area contributed by atoms with Gasteiger partial charge in [-0.05, 0) is 85.3 Å². The maximum absolute atomic E-state index is 13.2. The van der Waals surface area contributed by atoms with Gasteiger partial charge in [0.25, 0.3) is 11.8 Å². The number of hydrogen-bond acceptors (Lipinski definition) is 8. The second kappa shape index (κ2) is 13.0. The molecule has 2 amide bonds. The van der Waals surface area contributed by atoms with E-state index in [1.165, 1.54) is 6.07 Å². The van der Waals surface area contributed by atoms with Crippen LogP contribution >= 0.6 is 0 Å². The maximum atomic E-state index is 13.2. The Hall–Kier alpha value is -5.77. The quantitative estimate of drug-likeness (QED) is 0.199. The predicted molar refractivity (Wildman–Crippen MR) is 167 cm³/mol. The van der Waals surface area contributed by atoms with E-state index < -0.39 is 23.9 Å². The summed E-state index contributed by atoms with van der Waals surface area (Å²) in [7, 11) is 3.20. The summed E-state index contributed by atoms with van der Waals surface area (Å²) in [4.78, 5) is 47.8. The van der Waals surface area contributed by atoms with Crippen molar-refractivity contribution in [3.63, 3.8) is 0 Å². The molecule has 0 bridgehead atoms. The van der Waals surface area contributed by atoms with Gasteiger partial charge in [0.2, 0.25) is 0 Å². The molecular weight excluding hydrogens is 560 g/mol. The van der Waals surface area contributed by atoms with Crippen molar-refractivity contribution in [3.8, 4) is 34.0 Å². The van der Waals surface area contributed by atoms with Gasteiger partial charge in [0.1, 0.15) is 11.5 Å². The highest BCUT2D eigenvalue weighted by Crippen LogP contribution is 2.33. The predicted octanol–water partition coefficient (Wildman–Crippen LogP) is 5.65. The Labute approximate surface area is 253 Å². The van der Waals surface area contributed by atoms with E-state index >= 15 is 0 Å². The zero-order valence-electron chi connectivity index (χ0n) is 24.4. The first-order chi connectivity index (χ1) is 21.3. The smallest absolute Gasteiger partial charge is 0.338 e. The van der Waals surface area contributed by atoms with Crippen molar-refractivity contribution < 1.29 is 28.6 Å². The van der Waals surface area contributed by atoms with E-state index in [9.17, 15) is 14.4 Å². The normalized spacial score (nSPS) is 11.4. The number of ether oxygens (including phenoxy) is 3. The number of fused-ring (bicyclic) bond motifs is 1. The monoisotopic (exact) mass is 590 g/mol. The first kappa shape index (κ1) is 29.7. The number of hydrogen-bond donors (Lipinski definition) is 2. The lowest BCUT2D eigenvalue weighted by atomic mass is 10.0. The van der Waals surface area contributed by atoms with E-state index in [2.05, 4.69) is 5.32 Å². The number of methoxy groups -OCH3 is 2. The van der Waals surface area contributed by atoms with E-state index in [4.69, 9.17) is 29.9 Å². The van der Waals surface area contributed by atoms with Crippen molar-refractivity contribution in [2.75, 3.05) is 19.5 Å². The van der Waals surface area contributed by atoms with Crippen molar-refractivity contribution in [2.24, 2.45) is 5.73 Å². The summed E-state index contributed by atoms with van der Waals surface area (Å²) in [5.74, 6) is -0.559. The molecule has 10 nitrogen and oxygen atoms in total. The van der Waals surface area contributed by atoms with Gasteiger partial charge in [0.05, 0.1) is 53.5 Å². The summed E-state index contributed by atoms with van der Waals surface area (Å²) in [5, 5.41) is 2.64. The third kappa shape index (κ3) is 6.34. The molecule has 0 aliphatic carbocycles. The van der Waals surface area contributed by atoms with Crippen LogP contribution in [0.4, 0.5) is 5.69 Å². The van der Waals surface area contributed by atoms with Crippen LogP contribution < -0.4 is 20.5 Å². The topological polar surface area (TPSA) is 143 Å². The largest absolute Gasteiger partial charge is 0.497 e. The minimum atomic E-state index is -1.11. The Morgan fingerprint density at radius 1 is 0.773 bits per heavy atom. The number of amides is 2. The number of carbonyl (C=O) groups excluding carboxylic acids is 3. The Balaban J connectivity index is 1.46. The summed E-state index contributed by atoms with van der Waals surface area (Å²) < 4.78 is 16.2. The molecule has 0 spiro atoms. The number of anilines is 1. The van der Waals surface area contributed by atoms with Gasteiger partial charge in [-0.15, -0.1) is 0 Å². The molecule has 4 aromatic carbocycles. The molecule has 0 aliphatic heterocycles. The van der Waals surface area contributed by atoms with Gasteiger partial charge < -0.3 is 25.3 Å². The fourth-order valence-corrected chi connectivity index (χ4v) is 4.62. The molecule has 0 saturated heterocycles. The number of benzene rings is 4. The molecule has 0 radical (unpaired) electrons. The fraction of sp³-hybridized carbons (Fsp3) is 0.147. The van der Waals surface area contributed by atoms with Crippen LogP contribution in [0.5, 0.6) is 11.5 Å². The summed E-state index contributed by atoms with van der Waals surface area (Å²) >= 11 is 0. The second-order valence-electron chi connectivity index (χ2n) is 9.78. The maximum Gasteiger partial charge on any atom is 0.338 e. The molecule has 0 fully saturated rings. The minimum Gasteiger partial charge on any atom is -0.497 e. The number of para-hydroxylation sites is 1. The molecule has 1 unspecified atom stereocenters. The van der Waals surface area contributed by atoms with Crippen LogP contribution in [0.25, 0.3) is 33.5 Å². The molecule has 222 valence electrons. The van der Waals surface area contributed by atoms with Gasteiger partial charge in [-0.1, -0.05) is 19.1 Å². The number of nitrogens with one attached hydrogen (secondary N) is 1. The lowest BCUT2D eigenvalue weighted by Crippen LogP contribution is -2.32. The molecular formula is C34H30N4O6. The molecule has 10 heteroatoms. The van der Waals surface area contributed by atoms with Crippen molar-refractivity contribution in [1.29, 1.82) is 0 Å². The number of nitrogens with two attached hydrogens (primary N) is 1. The van der Waals surface area contributed by atoms with Crippen molar-refractivity contribution >= 4 is 34.5 Å². The van der Waals surface area contributed by atoms with Crippen LogP contribution in [-0.2, 0) is 9.53 Å². The molecule has 5 rings (SSSR count). The summed E-state index contributed by atoms with van der Waals surface area (Å²) in [6.45, 7) is 1.71. The van der Waals surface area contributed by atoms with Crippen molar-refractivity contribution in [2.45, 2.75) is 19.4 Å². The Kier molecular flexibility index (Phi) is 8.80. The van der Waals surface area contributed by atoms with E-state index in [-0.39, 0.29) is 23.2 Å². The molecule has 1 aromatic heterocycles. The van der Waals surface area contributed by atoms with Gasteiger partial charge in [-0.3, -0.25) is 9.59 Å². The molecule has 1 heterocycles. The second-order valence-corrected chi connectivity index (χ2v) is 9.78. The van der Waals surface area contributed by atoms with E-state index in [0.717, 1.165) is 11.1 Å². The molecule has 1 atom stereocenters. The van der Waals surface area contributed by atoms with Crippen LogP contribution in [0.15, 0.2) is 91.0 Å². The van der Waals surface area contributed by atoms with Crippen LogP contribution in [0.1, 0.15) is 34.1 Å². The average molecular weight is 591 g/mol. The van der Waals surface area contributed by atoms with Crippen LogP contribution in [0.2, 0.25) is 0 Å². The summed E-state index contributed by atoms with van der Waals surface area (Å²) in [6.07, 6.45) is -0.909. The van der Waals surface area contributed by atoms with E-state index in [1.54, 1.807) is 57.5 Å². The zero-order chi connectivity index (χ0) is 31.2. The van der Waals surface area contributed by atoms with Crippen LogP contribution in [-0.4, -0.2) is 48.1 Å². The Morgan fingerprint density at radius 3 is 1.89 bits per heavy atom. The Morgan fingerprint density at radius 2 is 1.34 bits per heavy atom. The molecule has 44 heavy (non-hydrogen) atoms. The first-order valence-corrected chi connectivity index (χ1v) is 13.8. The zero-order valence-corrected chi connectivity index (χ0v) is 24.4. The van der Waals surface area contributed by atoms with Crippen molar-refractivity contribution in [1.82, 2.24) is 9.97 Å². The number of primary amides is 1. The van der Waals surface area contributed by atoms with Crippen LogP contribution in [0, 0.1) is 0 Å². The number of rotatable bonds is 10. The van der Waals surface area contributed by atoms with E-state index in [1.807, 2.05) is 48.5 Å². The van der Waals surface area contributed by atoms with Gasteiger partial charge in [0, 0.05) is 11.1 Å². The van der Waals surface area contributed by atoms with E-state index in [0.29, 0.717) is 33.9 Å². The van der Waals surface area contributed by atoms with Crippen molar-refractivity contribution in [3.05, 3.63) is 102 Å².